The van der Waals surface area contributed by atoms with Crippen LogP contribution in [-0.4, -0.2) is 24.0 Å². The maximum absolute atomic E-state index is 12.1. The van der Waals surface area contributed by atoms with Gasteiger partial charge in [-0.2, -0.15) is 0 Å². The molecule has 5 nitrogen and oxygen atoms in total. The van der Waals surface area contributed by atoms with Crippen LogP contribution in [0.1, 0.15) is 19.3 Å². The van der Waals surface area contributed by atoms with Crippen LogP contribution in [0, 0.1) is 11.3 Å². The van der Waals surface area contributed by atoms with Gasteiger partial charge in [-0.05, 0) is 0 Å². The molecule has 2 saturated carbocycles. The van der Waals surface area contributed by atoms with Gasteiger partial charge in [-0.25, -0.2) is 0 Å². The molecule has 0 saturated heterocycles. The third kappa shape index (κ3) is 2.50. The van der Waals surface area contributed by atoms with Crippen LogP contribution in [0.5, 0.6) is 0 Å². The summed E-state index contributed by atoms with van der Waals surface area (Å²) in [4.78, 5) is 12.1. The van der Waals surface area contributed by atoms with E-state index in [1.807, 2.05) is 0 Å². The molecule has 0 aromatic rings. The van der Waals surface area contributed by atoms with Crippen LogP contribution >= 0.6 is 0 Å². The van der Waals surface area contributed by atoms with E-state index in [0.29, 0.717) is 23.7 Å². The maximum atomic E-state index is 12.1. The van der Waals surface area contributed by atoms with Gasteiger partial charge in [0.25, 0.3) is 0 Å². The third-order valence-electron chi connectivity index (χ3n) is 3.38. The second-order valence-corrected chi connectivity index (χ2v) is 8.27. The standard InChI is InChI=1S/C10H16IN2O3S/c1-2-7-5-10(7,6-11-12)9(14)13-17(15,16)8-3-4-8/h2,7-8H,1,3-6,12H2,(H,13,14)/q-1/t7?,10-/m1/s1. The Morgan fingerprint density at radius 2 is 2.24 bits per heavy atom. The number of carbonyl (C=O) groups excluding carboxylic acids is 1. The molecule has 0 aromatic heterocycles. The number of hydrogen-bond acceptors (Lipinski definition) is 4. The Hall–Kier alpha value is -0.150. The van der Waals surface area contributed by atoms with Crippen LogP contribution in [0.2, 0.25) is 0 Å². The van der Waals surface area contributed by atoms with Gasteiger partial charge in [0.05, 0.1) is 0 Å². The Morgan fingerprint density at radius 1 is 1.59 bits per heavy atom. The number of carbonyl (C=O) groups is 1. The van der Waals surface area contributed by atoms with Crippen LogP contribution in [0.4, 0.5) is 0 Å². The number of nitrogens with two attached hydrogens (primary N) is 1. The predicted molar refractivity (Wildman–Crippen MR) is 59.9 cm³/mol. The number of allylic oxidation sites excluding steroid dienone is 1. The van der Waals surface area contributed by atoms with Gasteiger partial charge in [-0.15, -0.1) is 0 Å². The second-order valence-electron chi connectivity index (χ2n) is 4.67. The van der Waals surface area contributed by atoms with Crippen LogP contribution in [0.3, 0.4) is 0 Å². The molecule has 0 aromatic carbocycles. The average Bonchev–Trinajstić information content (AvgIpc) is 3.12. The monoisotopic (exact) mass is 371 g/mol. The van der Waals surface area contributed by atoms with Gasteiger partial charge in [0.15, 0.2) is 0 Å². The van der Waals surface area contributed by atoms with E-state index in [1.165, 1.54) is 0 Å². The van der Waals surface area contributed by atoms with Crippen molar-refractivity contribution in [3.63, 3.8) is 0 Å². The fraction of sp³-hybridized carbons (Fsp3) is 0.700. The molecule has 2 rings (SSSR count). The molecule has 0 bridgehead atoms. The summed E-state index contributed by atoms with van der Waals surface area (Å²) >= 11 is -0.533. The average molecular weight is 371 g/mol. The van der Waals surface area contributed by atoms with Crippen molar-refractivity contribution in [1.29, 1.82) is 0 Å². The molecule has 0 radical (unpaired) electrons. The van der Waals surface area contributed by atoms with Crippen molar-refractivity contribution < 1.29 is 34.7 Å². The zero-order chi connectivity index (χ0) is 12.7. The fourth-order valence-corrected chi connectivity index (χ4v) is 5.34. The molecule has 2 aliphatic rings. The second kappa shape index (κ2) is 4.51. The van der Waals surface area contributed by atoms with Gasteiger partial charge >= 0.3 is 112 Å². The number of halogens is 1. The molecule has 98 valence electrons. The molecule has 3 N–H and O–H groups in total. The van der Waals surface area contributed by atoms with E-state index in [9.17, 15) is 13.2 Å². The number of sulfonamides is 1. The summed E-state index contributed by atoms with van der Waals surface area (Å²) in [6.07, 6.45) is 3.72. The van der Waals surface area contributed by atoms with Crippen molar-refractivity contribution in [2.45, 2.75) is 24.5 Å². The molecule has 0 heterocycles. The Bertz CT molecular complexity index is 446. The predicted octanol–water partition coefficient (Wildman–Crippen LogP) is -3.25. The van der Waals surface area contributed by atoms with Crippen molar-refractivity contribution in [2.75, 3.05) is 4.43 Å². The van der Waals surface area contributed by atoms with Crippen LogP contribution < -0.4 is 30.1 Å². The summed E-state index contributed by atoms with van der Waals surface area (Å²) in [5, 5.41) is -0.364. The van der Waals surface area contributed by atoms with Gasteiger partial charge in [-0.1, -0.05) is 0 Å². The van der Waals surface area contributed by atoms with Crippen LogP contribution in [0.15, 0.2) is 12.7 Å². The molecule has 2 aliphatic carbocycles. The molecular formula is C10H16IN2O3S-. The van der Waals surface area contributed by atoms with Gasteiger partial charge in [0.2, 0.25) is 0 Å². The van der Waals surface area contributed by atoms with E-state index in [2.05, 4.69) is 11.3 Å². The van der Waals surface area contributed by atoms with Crippen molar-refractivity contribution >= 4 is 15.9 Å². The van der Waals surface area contributed by atoms with Crippen molar-refractivity contribution in [1.82, 2.24) is 4.72 Å². The Kier molecular flexibility index (Phi) is 3.52. The van der Waals surface area contributed by atoms with E-state index in [-0.39, 0.29) is 17.1 Å². The van der Waals surface area contributed by atoms with Gasteiger partial charge in [0.1, 0.15) is 0 Å². The van der Waals surface area contributed by atoms with Crippen molar-refractivity contribution in [2.24, 2.45) is 15.3 Å². The van der Waals surface area contributed by atoms with Crippen LogP contribution in [0.25, 0.3) is 0 Å². The quantitative estimate of drug-likeness (QED) is 0.222. The molecule has 1 unspecified atom stereocenters. The molecule has 7 heteroatoms. The first kappa shape index (κ1) is 13.3. The molecule has 17 heavy (non-hydrogen) atoms. The Balaban J connectivity index is 2.06. The summed E-state index contributed by atoms with van der Waals surface area (Å²) < 4.78 is 31.8. The first-order valence-electron chi connectivity index (χ1n) is 5.42. The molecule has 2 fully saturated rings. The molecule has 0 spiro atoms. The van der Waals surface area contributed by atoms with E-state index in [1.54, 1.807) is 6.08 Å². The first-order chi connectivity index (χ1) is 7.96. The zero-order valence-electron chi connectivity index (χ0n) is 9.36. The van der Waals surface area contributed by atoms with E-state index in [4.69, 9.17) is 3.95 Å². The molecule has 1 amide bonds. The minimum atomic E-state index is -3.44. The number of amides is 1. The number of hydrogen-bond donors (Lipinski definition) is 2. The van der Waals surface area contributed by atoms with E-state index >= 15 is 0 Å². The molecular weight excluding hydrogens is 355 g/mol. The summed E-state index contributed by atoms with van der Waals surface area (Å²) in [5.74, 6) is -0.292. The van der Waals surface area contributed by atoms with Gasteiger partial charge < -0.3 is 0 Å². The topological polar surface area (TPSA) is 89.3 Å². The number of nitrogens with one attached hydrogen (secondary N) is 1. The SMILES string of the molecule is C=CC1C[C@]1(C[I-]N)C(=O)NS(=O)(=O)C1CC1. The Morgan fingerprint density at radius 3 is 2.65 bits per heavy atom. The summed E-state index contributed by atoms with van der Waals surface area (Å²) in [6, 6.07) is 0. The number of rotatable bonds is 6. The van der Waals surface area contributed by atoms with Crippen LogP contribution in [-0.2, 0) is 14.8 Å². The van der Waals surface area contributed by atoms with Crippen molar-refractivity contribution in [3.05, 3.63) is 12.7 Å². The van der Waals surface area contributed by atoms with Crippen molar-refractivity contribution in [3.8, 4) is 0 Å². The van der Waals surface area contributed by atoms with Gasteiger partial charge in [0, 0.05) is 0 Å². The fourth-order valence-electron chi connectivity index (χ4n) is 1.95. The number of alkyl halides is 1. The molecule has 0 aliphatic heterocycles. The molecule has 2 atom stereocenters. The first-order valence-corrected chi connectivity index (χ1v) is 9.74. The Labute approximate surface area is 112 Å². The normalized spacial score (nSPS) is 32.2. The van der Waals surface area contributed by atoms with E-state index < -0.39 is 36.9 Å². The van der Waals surface area contributed by atoms with E-state index in [0.717, 1.165) is 0 Å². The summed E-state index contributed by atoms with van der Waals surface area (Å²) in [7, 11) is -3.44. The zero-order valence-corrected chi connectivity index (χ0v) is 12.3. The summed E-state index contributed by atoms with van der Waals surface area (Å²) in [6.45, 7) is 3.67. The van der Waals surface area contributed by atoms with Gasteiger partial charge in [-0.3, -0.25) is 0 Å². The third-order valence-corrected chi connectivity index (χ3v) is 7.00. The summed E-state index contributed by atoms with van der Waals surface area (Å²) in [5.41, 5.74) is -0.578. The minimum absolute atomic E-state index is 0.0835.